The summed E-state index contributed by atoms with van der Waals surface area (Å²) < 4.78 is 0. The first-order valence-electron chi connectivity index (χ1n) is 7.21. The van der Waals surface area contributed by atoms with Gasteiger partial charge in [-0.25, -0.2) is 9.97 Å². The molecule has 2 aromatic heterocycles. The first-order chi connectivity index (χ1) is 10.8. The summed E-state index contributed by atoms with van der Waals surface area (Å²) in [5.74, 6) is 2.15. The van der Waals surface area contributed by atoms with E-state index in [1.165, 1.54) is 0 Å². The molecule has 3 heterocycles. The van der Waals surface area contributed by atoms with E-state index in [0.717, 1.165) is 18.2 Å². The molecular weight excluding hydrogens is 282 g/mol. The van der Waals surface area contributed by atoms with Gasteiger partial charge < -0.3 is 20.2 Å². The van der Waals surface area contributed by atoms with Gasteiger partial charge in [-0.05, 0) is 6.07 Å². The van der Waals surface area contributed by atoms with Crippen LogP contribution in [0.3, 0.4) is 0 Å². The maximum Gasteiger partial charge on any atom is 0.227 e. The molecule has 0 saturated carbocycles. The topological polar surface area (TPSA) is 90.3 Å². The van der Waals surface area contributed by atoms with E-state index in [2.05, 4.69) is 25.3 Å². The molecule has 8 heteroatoms. The summed E-state index contributed by atoms with van der Waals surface area (Å²) in [5.41, 5.74) is 0. The Morgan fingerprint density at radius 3 is 2.73 bits per heavy atom. The molecule has 0 radical (unpaired) electrons. The van der Waals surface area contributed by atoms with Gasteiger partial charge >= 0.3 is 0 Å². The number of aromatic nitrogens is 4. The molecule has 1 atom stereocenters. The van der Waals surface area contributed by atoms with Crippen molar-refractivity contribution in [2.24, 2.45) is 0 Å². The molecule has 1 aliphatic rings. The maximum absolute atomic E-state index is 10.3. The molecule has 2 N–H and O–H groups in total. The van der Waals surface area contributed by atoms with Crippen molar-refractivity contribution in [1.82, 2.24) is 19.9 Å². The van der Waals surface area contributed by atoms with E-state index in [0.29, 0.717) is 25.6 Å². The number of aliphatic hydroxyl groups excluding tert-OH is 1. The number of hydrogen-bond acceptors (Lipinski definition) is 8. The van der Waals surface area contributed by atoms with E-state index >= 15 is 0 Å². The molecular formula is C14H19N7O. The fraction of sp³-hybridized carbons (Fsp3) is 0.429. The van der Waals surface area contributed by atoms with Gasteiger partial charge in [0, 0.05) is 51.8 Å². The fourth-order valence-electron chi connectivity index (χ4n) is 2.47. The van der Waals surface area contributed by atoms with Gasteiger partial charge in [0.15, 0.2) is 0 Å². The molecule has 1 saturated heterocycles. The molecule has 1 aliphatic heterocycles. The molecule has 0 bridgehead atoms. The van der Waals surface area contributed by atoms with Gasteiger partial charge in [-0.15, -0.1) is 0 Å². The van der Waals surface area contributed by atoms with Gasteiger partial charge in [0.25, 0.3) is 0 Å². The van der Waals surface area contributed by atoms with Crippen LogP contribution in [0.5, 0.6) is 0 Å². The lowest BCUT2D eigenvalue weighted by Gasteiger charge is -2.22. The Morgan fingerprint density at radius 2 is 1.95 bits per heavy atom. The van der Waals surface area contributed by atoms with Crippen molar-refractivity contribution < 1.29 is 5.11 Å². The molecule has 0 spiro atoms. The first kappa shape index (κ1) is 14.5. The second kappa shape index (κ2) is 6.52. The molecule has 8 nitrogen and oxygen atoms in total. The molecule has 0 aliphatic carbocycles. The van der Waals surface area contributed by atoms with E-state index < -0.39 is 6.10 Å². The molecule has 0 aromatic carbocycles. The highest BCUT2D eigenvalue weighted by Gasteiger charge is 2.23. The lowest BCUT2D eigenvalue weighted by atomic mass is 10.3. The SMILES string of the molecule is CNc1ccnc(N2CCN(c3cnccn3)C[C@@H](O)C2)n1. The van der Waals surface area contributed by atoms with Crippen LogP contribution in [-0.4, -0.2) is 64.4 Å². The average molecular weight is 301 g/mol. The minimum atomic E-state index is -0.508. The lowest BCUT2D eigenvalue weighted by Crippen LogP contribution is -2.34. The van der Waals surface area contributed by atoms with Gasteiger partial charge in [-0.3, -0.25) is 4.98 Å². The predicted octanol–water partition coefficient (Wildman–Crippen LogP) is -0.00420. The van der Waals surface area contributed by atoms with Gasteiger partial charge in [0.2, 0.25) is 5.95 Å². The smallest absolute Gasteiger partial charge is 0.227 e. The number of aliphatic hydroxyl groups is 1. The summed E-state index contributed by atoms with van der Waals surface area (Å²) in [6.45, 7) is 2.44. The molecule has 0 unspecified atom stereocenters. The number of nitrogens with zero attached hydrogens (tertiary/aromatic N) is 6. The molecule has 2 aromatic rings. The van der Waals surface area contributed by atoms with Crippen LogP contribution in [-0.2, 0) is 0 Å². The Bertz CT molecular complexity index is 609. The van der Waals surface area contributed by atoms with Gasteiger partial charge in [-0.1, -0.05) is 0 Å². The van der Waals surface area contributed by atoms with E-state index in [9.17, 15) is 5.11 Å². The minimum absolute atomic E-state index is 0.490. The number of β-amino-alcohol motifs (C(OH)–C–C–N with tert-alkyl or cyclic N) is 1. The third-order valence-corrected chi connectivity index (χ3v) is 3.56. The summed E-state index contributed by atoms with van der Waals surface area (Å²) in [5, 5.41) is 13.3. The quantitative estimate of drug-likeness (QED) is 0.818. The Kier molecular flexibility index (Phi) is 4.29. The van der Waals surface area contributed by atoms with Crippen molar-refractivity contribution in [3.8, 4) is 0 Å². The minimum Gasteiger partial charge on any atom is -0.389 e. The summed E-state index contributed by atoms with van der Waals surface area (Å²) in [4.78, 5) is 21.1. The van der Waals surface area contributed by atoms with Crippen molar-refractivity contribution in [2.45, 2.75) is 6.10 Å². The number of anilines is 3. The average Bonchev–Trinajstić information content (AvgIpc) is 2.77. The summed E-state index contributed by atoms with van der Waals surface area (Å²) in [6, 6.07) is 1.81. The van der Waals surface area contributed by atoms with E-state index in [1.807, 2.05) is 22.9 Å². The zero-order chi connectivity index (χ0) is 15.4. The maximum atomic E-state index is 10.3. The van der Waals surface area contributed by atoms with Crippen molar-refractivity contribution in [3.05, 3.63) is 30.9 Å². The monoisotopic (exact) mass is 301 g/mol. The van der Waals surface area contributed by atoms with E-state index in [4.69, 9.17) is 0 Å². The molecule has 3 rings (SSSR count). The molecule has 116 valence electrons. The van der Waals surface area contributed by atoms with Crippen molar-refractivity contribution in [1.29, 1.82) is 0 Å². The van der Waals surface area contributed by atoms with Gasteiger partial charge in [0.05, 0.1) is 12.3 Å². The van der Waals surface area contributed by atoms with Crippen LogP contribution in [0.2, 0.25) is 0 Å². The van der Waals surface area contributed by atoms with E-state index in [1.54, 1.807) is 24.8 Å². The predicted molar refractivity (Wildman–Crippen MR) is 84.0 cm³/mol. The fourth-order valence-corrected chi connectivity index (χ4v) is 2.47. The summed E-state index contributed by atoms with van der Waals surface area (Å²) in [7, 11) is 1.82. The van der Waals surface area contributed by atoms with Crippen LogP contribution in [0, 0.1) is 0 Å². The van der Waals surface area contributed by atoms with Gasteiger partial charge in [0.1, 0.15) is 11.6 Å². The number of nitrogens with one attached hydrogen (secondary N) is 1. The Morgan fingerprint density at radius 1 is 1.14 bits per heavy atom. The molecule has 22 heavy (non-hydrogen) atoms. The van der Waals surface area contributed by atoms with Crippen LogP contribution in [0.15, 0.2) is 30.9 Å². The zero-order valence-corrected chi connectivity index (χ0v) is 12.4. The normalized spacial score (nSPS) is 18.9. The van der Waals surface area contributed by atoms with Crippen molar-refractivity contribution in [3.63, 3.8) is 0 Å². The third-order valence-electron chi connectivity index (χ3n) is 3.56. The number of rotatable bonds is 3. The summed E-state index contributed by atoms with van der Waals surface area (Å²) >= 11 is 0. The van der Waals surface area contributed by atoms with Crippen LogP contribution < -0.4 is 15.1 Å². The highest BCUT2D eigenvalue weighted by Crippen LogP contribution is 2.16. The Balaban J connectivity index is 1.76. The Labute approximate surface area is 128 Å². The third kappa shape index (κ3) is 3.22. The second-order valence-electron chi connectivity index (χ2n) is 5.10. The largest absolute Gasteiger partial charge is 0.389 e. The van der Waals surface area contributed by atoms with Crippen LogP contribution in [0.25, 0.3) is 0 Å². The van der Waals surface area contributed by atoms with Crippen molar-refractivity contribution >= 4 is 17.6 Å². The molecule has 0 amide bonds. The highest BCUT2D eigenvalue weighted by atomic mass is 16.3. The summed E-state index contributed by atoms with van der Waals surface area (Å²) in [6.07, 6.45) is 6.21. The van der Waals surface area contributed by atoms with Crippen molar-refractivity contribution in [2.75, 3.05) is 48.3 Å². The van der Waals surface area contributed by atoms with Crippen LogP contribution in [0.1, 0.15) is 0 Å². The van der Waals surface area contributed by atoms with Crippen LogP contribution in [0.4, 0.5) is 17.6 Å². The number of hydrogen-bond donors (Lipinski definition) is 2. The second-order valence-corrected chi connectivity index (χ2v) is 5.10. The van der Waals surface area contributed by atoms with Crippen LogP contribution >= 0.6 is 0 Å². The highest BCUT2D eigenvalue weighted by molar-refractivity contribution is 5.43. The standard InChI is InChI=1S/C14H19N7O/c1-15-12-2-3-18-14(19-12)21-7-6-20(9-11(22)10-21)13-8-16-4-5-17-13/h2-5,8,11,22H,6-7,9-10H2,1H3,(H,15,18,19)/t11-/m1/s1. The first-order valence-corrected chi connectivity index (χ1v) is 7.21. The van der Waals surface area contributed by atoms with E-state index in [-0.39, 0.29) is 0 Å². The lowest BCUT2D eigenvalue weighted by molar-refractivity contribution is 0.190. The molecule has 1 fully saturated rings. The van der Waals surface area contributed by atoms with Gasteiger partial charge in [-0.2, -0.15) is 4.98 Å². The Hall–Kier alpha value is -2.48. The zero-order valence-electron chi connectivity index (χ0n) is 12.4.